The molecule has 2 rings (SSSR count). The zero-order valence-corrected chi connectivity index (χ0v) is 13.3. The highest BCUT2D eigenvalue weighted by Gasteiger charge is 2.02. The van der Waals surface area contributed by atoms with Gasteiger partial charge < -0.3 is 10.1 Å². The third-order valence-corrected chi connectivity index (χ3v) is 4.17. The lowest BCUT2D eigenvalue weighted by molar-refractivity contribution is 0.310. The summed E-state index contributed by atoms with van der Waals surface area (Å²) < 4.78 is 5.82. The molecule has 108 valence electrons. The van der Waals surface area contributed by atoms with Gasteiger partial charge in [0.1, 0.15) is 12.4 Å². The molecule has 0 saturated heterocycles. The lowest BCUT2D eigenvalue weighted by Gasteiger charge is -2.06. The zero-order valence-electron chi connectivity index (χ0n) is 12.5. The van der Waals surface area contributed by atoms with Gasteiger partial charge in [0, 0.05) is 22.3 Å². The Balaban J connectivity index is 1.84. The fourth-order valence-electron chi connectivity index (χ4n) is 1.88. The Morgan fingerprint density at radius 1 is 1.05 bits per heavy atom. The summed E-state index contributed by atoms with van der Waals surface area (Å²) >= 11 is 1.81. The van der Waals surface area contributed by atoms with Gasteiger partial charge in [-0.3, -0.25) is 0 Å². The predicted octanol–water partition coefficient (Wildman–Crippen LogP) is 4.39. The monoisotopic (exact) mass is 289 g/mol. The minimum atomic E-state index is 0.522. The Morgan fingerprint density at radius 2 is 1.75 bits per heavy atom. The first kappa shape index (κ1) is 15.1. The van der Waals surface area contributed by atoms with Crippen LogP contribution < -0.4 is 10.1 Å². The van der Waals surface area contributed by atoms with Crippen molar-refractivity contribution < 1.29 is 4.74 Å². The van der Waals surface area contributed by atoms with Crippen molar-refractivity contribution in [2.24, 2.45) is 0 Å². The molecular formula is C17H23NOS. The van der Waals surface area contributed by atoms with E-state index in [0.717, 1.165) is 18.7 Å². The zero-order chi connectivity index (χ0) is 14.4. The molecule has 1 aromatic heterocycles. The molecule has 0 spiro atoms. The smallest absolute Gasteiger partial charge is 0.122 e. The molecular weight excluding hydrogens is 266 g/mol. The van der Waals surface area contributed by atoms with E-state index >= 15 is 0 Å². The molecule has 0 unspecified atom stereocenters. The van der Waals surface area contributed by atoms with Crippen molar-refractivity contribution in [1.29, 1.82) is 0 Å². The molecule has 0 amide bonds. The van der Waals surface area contributed by atoms with Crippen molar-refractivity contribution in [2.45, 2.75) is 46.4 Å². The van der Waals surface area contributed by atoms with Crippen molar-refractivity contribution in [1.82, 2.24) is 5.32 Å². The Bertz CT molecular complexity index is 516. The Hall–Kier alpha value is -1.32. The van der Waals surface area contributed by atoms with E-state index in [9.17, 15) is 0 Å². The molecule has 0 fully saturated rings. The second-order valence-corrected chi connectivity index (χ2v) is 6.44. The van der Waals surface area contributed by atoms with Crippen LogP contribution in [0.25, 0.3) is 0 Å². The lowest BCUT2D eigenvalue weighted by Crippen LogP contribution is -2.21. The number of ether oxygens (including phenoxy) is 1. The fourth-order valence-corrected chi connectivity index (χ4v) is 2.76. The van der Waals surface area contributed by atoms with E-state index < -0.39 is 0 Å². The van der Waals surface area contributed by atoms with Crippen molar-refractivity contribution in [2.75, 3.05) is 0 Å². The first-order valence-corrected chi connectivity index (χ1v) is 8.01. The Kier molecular flexibility index (Phi) is 5.62. The van der Waals surface area contributed by atoms with Crippen molar-refractivity contribution in [3.05, 3.63) is 51.7 Å². The maximum atomic E-state index is 5.82. The van der Waals surface area contributed by atoms with Crippen molar-refractivity contribution in [3.63, 3.8) is 0 Å². The first-order valence-electron chi connectivity index (χ1n) is 7.20. The van der Waals surface area contributed by atoms with E-state index in [1.165, 1.54) is 15.3 Å². The molecule has 0 radical (unpaired) electrons. The first-order chi connectivity index (χ1) is 9.67. The molecule has 1 heterocycles. The normalized spacial score (nSPS) is 11.0. The molecule has 0 aliphatic carbocycles. The number of aryl methyl sites for hydroxylation is 1. The largest absolute Gasteiger partial charge is 0.488 e. The van der Waals surface area contributed by atoms with E-state index in [4.69, 9.17) is 4.74 Å². The SMILES string of the molecule is CCc1ccc(OCc2ccc(CNC(C)C)s2)cc1. The number of rotatable bonds is 7. The van der Waals surface area contributed by atoms with Crippen LogP contribution in [-0.2, 0) is 19.6 Å². The topological polar surface area (TPSA) is 21.3 Å². The summed E-state index contributed by atoms with van der Waals surface area (Å²) in [7, 11) is 0. The number of benzene rings is 1. The van der Waals surface area contributed by atoms with Gasteiger partial charge in [0.25, 0.3) is 0 Å². The standard InChI is InChI=1S/C17H23NOS/c1-4-14-5-7-15(8-6-14)19-12-17-10-9-16(20-17)11-18-13(2)3/h5-10,13,18H,4,11-12H2,1-3H3. The summed E-state index contributed by atoms with van der Waals surface area (Å²) in [4.78, 5) is 2.63. The summed E-state index contributed by atoms with van der Waals surface area (Å²) in [5.74, 6) is 0.942. The summed E-state index contributed by atoms with van der Waals surface area (Å²) in [6.07, 6.45) is 1.07. The second-order valence-electron chi connectivity index (χ2n) is 5.19. The summed E-state index contributed by atoms with van der Waals surface area (Å²) in [6.45, 7) is 8.08. The van der Waals surface area contributed by atoms with Gasteiger partial charge in [-0.15, -0.1) is 11.3 Å². The molecule has 0 saturated carbocycles. The van der Waals surface area contributed by atoms with Crippen LogP contribution in [0.5, 0.6) is 5.75 Å². The summed E-state index contributed by atoms with van der Waals surface area (Å²) in [5.41, 5.74) is 1.34. The van der Waals surface area contributed by atoms with Crippen LogP contribution >= 0.6 is 11.3 Å². The van der Waals surface area contributed by atoms with Crippen molar-refractivity contribution >= 4 is 11.3 Å². The second kappa shape index (κ2) is 7.46. The van der Waals surface area contributed by atoms with Gasteiger partial charge in [0.15, 0.2) is 0 Å². The van der Waals surface area contributed by atoms with E-state index in [-0.39, 0.29) is 0 Å². The molecule has 1 aromatic carbocycles. The Labute approximate surface area is 125 Å². The quantitative estimate of drug-likeness (QED) is 0.816. The lowest BCUT2D eigenvalue weighted by atomic mass is 10.2. The maximum absolute atomic E-state index is 5.82. The van der Waals surface area contributed by atoms with Gasteiger partial charge in [-0.25, -0.2) is 0 Å². The van der Waals surface area contributed by atoms with Gasteiger partial charge >= 0.3 is 0 Å². The highest BCUT2D eigenvalue weighted by molar-refractivity contribution is 7.11. The molecule has 0 atom stereocenters. The van der Waals surface area contributed by atoms with Gasteiger partial charge in [0.05, 0.1) is 0 Å². The Morgan fingerprint density at radius 3 is 2.40 bits per heavy atom. The van der Waals surface area contributed by atoms with Gasteiger partial charge in [-0.05, 0) is 36.2 Å². The van der Waals surface area contributed by atoms with E-state index in [1.807, 2.05) is 23.5 Å². The molecule has 2 nitrogen and oxygen atoms in total. The van der Waals surface area contributed by atoms with E-state index in [1.54, 1.807) is 0 Å². The average molecular weight is 289 g/mol. The molecule has 0 aliphatic heterocycles. The van der Waals surface area contributed by atoms with Crippen LogP contribution in [0.4, 0.5) is 0 Å². The predicted molar refractivity (Wildman–Crippen MR) is 86.4 cm³/mol. The average Bonchev–Trinajstić information content (AvgIpc) is 2.91. The molecule has 1 N–H and O–H groups in total. The number of hydrogen-bond donors (Lipinski definition) is 1. The molecule has 3 heteroatoms. The number of hydrogen-bond acceptors (Lipinski definition) is 3. The van der Waals surface area contributed by atoms with Gasteiger partial charge in [-0.2, -0.15) is 0 Å². The van der Waals surface area contributed by atoms with Gasteiger partial charge in [-0.1, -0.05) is 32.9 Å². The van der Waals surface area contributed by atoms with Crippen LogP contribution in [0.1, 0.15) is 36.1 Å². The minimum absolute atomic E-state index is 0.522. The molecule has 2 aromatic rings. The number of thiophene rings is 1. The van der Waals surface area contributed by atoms with E-state index in [2.05, 4.69) is 50.4 Å². The van der Waals surface area contributed by atoms with Gasteiger partial charge in [0.2, 0.25) is 0 Å². The highest BCUT2D eigenvalue weighted by Crippen LogP contribution is 2.20. The molecule has 0 aliphatic rings. The fraction of sp³-hybridized carbons (Fsp3) is 0.412. The highest BCUT2D eigenvalue weighted by atomic mass is 32.1. The summed E-state index contributed by atoms with van der Waals surface area (Å²) in [6, 6.07) is 13.2. The van der Waals surface area contributed by atoms with Crippen LogP contribution in [0.2, 0.25) is 0 Å². The summed E-state index contributed by atoms with van der Waals surface area (Å²) in [5, 5.41) is 3.43. The molecule has 0 bridgehead atoms. The van der Waals surface area contributed by atoms with Crippen molar-refractivity contribution in [3.8, 4) is 5.75 Å². The van der Waals surface area contributed by atoms with Crippen LogP contribution in [0.3, 0.4) is 0 Å². The minimum Gasteiger partial charge on any atom is -0.488 e. The number of nitrogens with one attached hydrogen (secondary N) is 1. The van der Waals surface area contributed by atoms with Crippen LogP contribution in [0.15, 0.2) is 36.4 Å². The molecule has 20 heavy (non-hydrogen) atoms. The van der Waals surface area contributed by atoms with Crippen LogP contribution in [0, 0.1) is 0 Å². The third-order valence-electron chi connectivity index (χ3n) is 3.11. The van der Waals surface area contributed by atoms with E-state index in [0.29, 0.717) is 12.6 Å². The third kappa shape index (κ3) is 4.66. The van der Waals surface area contributed by atoms with Crippen LogP contribution in [-0.4, -0.2) is 6.04 Å². The maximum Gasteiger partial charge on any atom is 0.122 e.